The van der Waals surface area contributed by atoms with Gasteiger partial charge < -0.3 is 4.74 Å². The predicted molar refractivity (Wildman–Crippen MR) is 96.1 cm³/mol. The molecule has 0 atom stereocenters. The summed E-state index contributed by atoms with van der Waals surface area (Å²) in [6.45, 7) is 0. The smallest absolute Gasteiger partial charge is 0.421 e. The first-order valence-electron chi connectivity index (χ1n) is 7.64. The molecule has 0 saturated heterocycles. The van der Waals surface area contributed by atoms with Gasteiger partial charge in [0, 0.05) is 7.05 Å². The van der Waals surface area contributed by atoms with Crippen LogP contribution in [0.5, 0.6) is 0 Å². The average molecular weight is 462 g/mol. The zero-order chi connectivity index (χ0) is 17.1. The molecule has 1 fully saturated rings. The molecule has 1 saturated carbocycles. The average Bonchev–Trinajstić information content (AvgIpc) is 3.12. The Morgan fingerprint density at radius 3 is 2.71 bits per heavy atom. The molecule has 1 aromatic carbocycles. The lowest BCUT2D eigenvalue weighted by molar-refractivity contribution is 0.00981. The third-order valence-corrected chi connectivity index (χ3v) is 5.77. The van der Waals surface area contributed by atoms with E-state index in [0.717, 1.165) is 16.4 Å². The quantitative estimate of drug-likeness (QED) is 0.569. The lowest BCUT2D eigenvalue weighted by Crippen LogP contribution is -2.44. The number of hydrogen-bond donors (Lipinski definition) is 0. The third-order valence-electron chi connectivity index (χ3n) is 4.72. The van der Waals surface area contributed by atoms with Gasteiger partial charge in [-0.1, -0.05) is 11.6 Å². The van der Waals surface area contributed by atoms with Gasteiger partial charge in [-0.25, -0.2) is 14.1 Å². The summed E-state index contributed by atoms with van der Waals surface area (Å²) in [5, 5.41) is 4.21. The number of amides is 1. The van der Waals surface area contributed by atoms with Crippen LogP contribution in [0.15, 0.2) is 18.3 Å². The van der Waals surface area contributed by atoms with Gasteiger partial charge >= 0.3 is 6.09 Å². The fourth-order valence-electron chi connectivity index (χ4n) is 3.68. The van der Waals surface area contributed by atoms with Crippen molar-refractivity contribution >= 4 is 51.8 Å². The first-order chi connectivity index (χ1) is 11.4. The number of carbonyl (C=O) groups is 1. The van der Waals surface area contributed by atoms with Gasteiger partial charge in [0.15, 0.2) is 11.6 Å². The van der Waals surface area contributed by atoms with Gasteiger partial charge in [-0.05, 0) is 60.4 Å². The normalized spacial score (nSPS) is 18.8. The summed E-state index contributed by atoms with van der Waals surface area (Å²) in [4.78, 5) is 14.2. The van der Waals surface area contributed by atoms with Crippen LogP contribution in [-0.2, 0) is 17.4 Å². The molecule has 1 aliphatic carbocycles. The van der Waals surface area contributed by atoms with E-state index in [1.54, 1.807) is 24.0 Å². The van der Waals surface area contributed by atoms with Crippen molar-refractivity contribution in [2.24, 2.45) is 7.05 Å². The van der Waals surface area contributed by atoms with E-state index in [1.165, 1.54) is 11.0 Å². The highest BCUT2D eigenvalue weighted by Crippen LogP contribution is 2.52. The van der Waals surface area contributed by atoms with E-state index >= 15 is 0 Å². The number of rotatable bonds is 1. The number of benzene rings is 1. The Morgan fingerprint density at radius 1 is 1.38 bits per heavy atom. The second-order valence-electron chi connectivity index (χ2n) is 6.10. The highest BCUT2D eigenvalue weighted by Gasteiger charge is 2.50. The van der Waals surface area contributed by atoms with E-state index in [-0.39, 0.29) is 5.02 Å². The zero-order valence-electron chi connectivity index (χ0n) is 12.9. The fourth-order valence-corrected chi connectivity index (χ4v) is 4.55. The van der Waals surface area contributed by atoms with Gasteiger partial charge in [-0.2, -0.15) is 5.10 Å². The van der Waals surface area contributed by atoms with Crippen LogP contribution in [0.1, 0.15) is 31.2 Å². The molecule has 126 valence electrons. The number of nitrogens with zero attached hydrogens (tertiary/aromatic N) is 3. The first kappa shape index (κ1) is 16.1. The van der Waals surface area contributed by atoms with Crippen LogP contribution in [0.3, 0.4) is 0 Å². The van der Waals surface area contributed by atoms with Gasteiger partial charge in [-0.15, -0.1) is 0 Å². The summed E-state index contributed by atoms with van der Waals surface area (Å²) in [6, 6.07) is 3.16. The minimum absolute atomic E-state index is 0.0395. The maximum absolute atomic E-state index is 14.9. The maximum atomic E-state index is 14.9. The van der Waals surface area contributed by atoms with Gasteiger partial charge in [0.1, 0.15) is 5.60 Å². The molecule has 5 nitrogen and oxygen atoms in total. The minimum Gasteiger partial charge on any atom is -0.437 e. The topological polar surface area (TPSA) is 47.4 Å². The third kappa shape index (κ3) is 2.17. The van der Waals surface area contributed by atoms with Crippen LogP contribution in [0.25, 0.3) is 0 Å². The number of halogens is 3. The van der Waals surface area contributed by atoms with Crippen LogP contribution >= 0.6 is 34.2 Å². The van der Waals surface area contributed by atoms with Crippen molar-refractivity contribution in [2.45, 2.75) is 31.3 Å². The molecular weight excluding hydrogens is 448 g/mol. The highest BCUT2D eigenvalue weighted by atomic mass is 127. The summed E-state index contributed by atoms with van der Waals surface area (Å²) in [5.41, 5.74) is -0.0530. The van der Waals surface area contributed by atoms with Crippen molar-refractivity contribution < 1.29 is 13.9 Å². The SMILES string of the molecule is Cn1ncc(I)c1N1C(=O)OC2(CCCC2)c2c1ccc(Cl)c2F. The number of fused-ring (bicyclic) bond motifs is 2. The number of aromatic nitrogens is 2. The van der Waals surface area contributed by atoms with E-state index in [2.05, 4.69) is 27.7 Å². The predicted octanol–water partition coefficient (Wildman–Crippen LogP) is 4.87. The standard InChI is InChI=1S/C16H14ClFIN3O2/c1-21-14(10(19)8-20-21)22-11-5-4-9(17)13(18)12(11)16(24-15(22)23)6-2-3-7-16/h4-5,8H,2-3,6-7H2,1H3. The van der Waals surface area contributed by atoms with E-state index < -0.39 is 17.5 Å². The molecule has 4 rings (SSSR count). The molecule has 0 N–H and O–H groups in total. The van der Waals surface area contributed by atoms with E-state index in [4.69, 9.17) is 16.3 Å². The zero-order valence-corrected chi connectivity index (χ0v) is 15.8. The van der Waals surface area contributed by atoms with Gasteiger partial charge in [-0.3, -0.25) is 4.68 Å². The molecule has 2 heterocycles. The summed E-state index contributed by atoms with van der Waals surface area (Å²) in [5.74, 6) is 0.0437. The van der Waals surface area contributed by atoms with Crippen LogP contribution in [0.2, 0.25) is 5.02 Å². The molecule has 1 spiro atoms. The number of aryl methyl sites for hydroxylation is 1. The van der Waals surface area contributed by atoms with Gasteiger partial charge in [0.25, 0.3) is 0 Å². The molecule has 2 aliphatic rings. The van der Waals surface area contributed by atoms with E-state index in [1.807, 2.05) is 0 Å². The Kier molecular flexibility index (Phi) is 3.76. The first-order valence-corrected chi connectivity index (χ1v) is 9.09. The molecular formula is C16H14ClFIN3O2. The molecule has 1 aromatic heterocycles. The maximum Gasteiger partial charge on any atom is 0.421 e. The molecule has 24 heavy (non-hydrogen) atoms. The van der Waals surface area contributed by atoms with Crippen molar-refractivity contribution in [2.75, 3.05) is 4.90 Å². The van der Waals surface area contributed by atoms with E-state index in [0.29, 0.717) is 29.9 Å². The van der Waals surface area contributed by atoms with Crippen molar-refractivity contribution in [3.63, 3.8) is 0 Å². The van der Waals surface area contributed by atoms with E-state index in [9.17, 15) is 9.18 Å². The van der Waals surface area contributed by atoms with Crippen LogP contribution in [0.4, 0.5) is 20.7 Å². The van der Waals surface area contributed by atoms with Crippen molar-refractivity contribution in [1.29, 1.82) is 0 Å². The van der Waals surface area contributed by atoms with Gasteiger partial charge in [0.05, 0.1) is 26.0 Å². The Hall–Kier alpha value is -1.35. The van der Waals surface area contributed by atoms with Crippen molar-refractivity contribution in [3.05, 3.63) is 38.3 Å². The Labute approximate surface area is 156 Å². The molecule has 2 aromatic rings. The van der Waals surface area contributed by atoms with Crippen molar-refractivity contribution in [1.82, 2.24) is 9.78 Å². The fraction of sp³-hybridized carbons (Fsp3) is 0.375. The lowest BCUT2D eigenvalue weighted by atomic mass is 9.88. The molecule has 0 unspecified atom stereocenters. The van der Waals surface area contributed by atoms with Crippen LogP contribution in [-0.4, -0.2) is 15.9 Å². The van der Waals surface area contributed by atoms with Crippen LogP contribution < -0.4 is 4.90 Å². The summed E-state index contributed by atoms with van der Waals surface area (Å²) in [7, 11) is 1.73. The van der Waals surface area contributed by atoms with Crippen molar-refractivity contribution in [3.8, 4) is 0 Å². The second-order valence-corrected chi connectivity index (χ2v) is 7.67. The minimum atomic E-state index is -0.915. The van der Waals surface area contributed by atoms with Crippen LogP contribution in [0, 0.1) is 9.39 Å². The lowest BCUT2D eigenvalue weighted by Gasteiger charge is -2.40. The van der Waals surface area contributed by atoms with Gasteiger partial charge in [0.2, 0.25) is 0 Å². The Balaban J connectivity index is 1.99. The summed E-state index contributed by atoms with van der Waals surface area (Å²) < 4.78 is 23.1. The largest absolute Gasteiger partial charge is 0.437 e. The number of anilines is 2. The summed E-state index contributed by atoms with van der Waals surface area (Å²) >= 11 is 8.12. The number of ether oxygens (including phenoxy) is 1. The summed E-state index contributed by atoms with van der Waals surface area (Å²) in [6.07, 6.45) is 4.14. The molecule has 1 amide bonds. The Bertz CT molecular complexity index is 829. The highest BCUT2D eigenvalue weighted by molar-refractivity contribution is 14.1. The molecule has 0 radical (unpaired) electrons. The Morgan fingerprint density at radius 2 is 2.08 bits per heavy atom. The molecule has 8 heteroatoms. The second kappa shape index (κ2) is 5.59. The number of hydrogen-bond acceptors (Lipinski definition) is 3. The monoisotopic (exact) mass is 461 g/mol. The number of carbonyl (C=O) groups excluding carboxylic acids is 1. The molecule has 1 aliphatic heterocycles. The molecule has 0 bridgehead atoms.